The highest BCUT2D eigenvalue weighted by atomic mass is 19.4. The Morgan fingerprint density at radius 3 is 2.49 bits per heavy atom. The van der Waals surface area contributed by atoms with Crippen LogP contribution in [0.5, 0.6) is 0 Å². The number of nitrogens with zero attached hydrogens (tertiary/aromatic N) is 3. The number of aromatic nitrogens is 1. The molecule has 0 spiro atoms. The van der Waals surface area contributed by atoms with Crippen LogP contribution < -0.4 is 21.7 Å². The second-order valence-corrected chi connectivity index (χ2v) is 9.91. The van der Waals surface area contributed by atoms with Crippen molar-refractivity contribution >= 4 is 29.4 Å². The summed E-state index contributed by atoms with van der Waals surface area (Å²) >= 11 is 0. The first-order chi connectivity index (χ1) is 19.5. The molecule has 2 aromatic rings. The van der Waals surface area contributed by atoms with Crippen molar-refractivity contribution in [2.75, 3.05) is 18.4 Å². The summed E-state index contributed by atoms with van der Waals surface area (Å²) in [6.07, 6.45) is 3.17. The molecule has 0 atom stereocenters. The SMILES string of the molecule is C=C(N=C/C(=C\N)C(=O)NC1(C(=O)NCc2ccc(Nc3ccc(F)cc3C(F)(F)F)cn2)CC1)N1CCCCC1. The minimum atomic E-state index is -4.74. The van der Waals surface area contributed by atoms with Crippen LogP contribution in [0, 0.1) is 5.82 Å². The topological polar surface area (TPSA) is 125 Å². The van der Waals surface area contributed by atoms with Crippen molar-refractivity contribution in [3.8, 4) is 0 Å². The standard InChI is InChI=1S/C28H31F4N7O2/c1-18(39-11-3-2-4-12-39)34-15-19(14-33)25(40)38-27(9-10-27)26(41)36-16-21-6-7-22(17-35-21)37-24-8-5-20(29)13-23(24)28(30,31)32/h5-8,13-15,17,37H,1-4,9-12,16,33H2,(H,36,41)(H,38,40)/b19-14+,34-15?. The van der Waals surface area contributed by atoms with Crippen molar-refractivity contribution in [1.82, 2.24) is 20.5 Å². The van der Waals surface area contributed by atoms with Gasteiger partial charge in [-0.2, -0.15) is 13.2 Å². The molecule has 1 aliphatic carbocycles. The minimum absolute atomic E-state index is 0.0256. The fourth-order valence-corrected chi connectivity index (χ4v) is 4.34. The first-order valence-corrected chi connectivity index (χ1v) is 13.1. The number of piperidine rings is 1. The Morgan fingerprint density at radius 2 is 1.88 bits per heavy atom. The predicted molar refractivity (Wildman–Crippen MR) is 146 cm³/mol. The van der Waals surface area contributed by atoms with Crippen LogP contribution in [-0.4, -0.2) is 46.5 Å². The Hall–Kier alpha value is -4.42. The number of rotatable bonds is 10. The number of nitrogens with two attached hydrogens (primary N) is 1. The highest BCUT2D eigenvalue weighted by Crippen LogP contribution is 2.37. The zero-order valence-electron chi connectivity index (χ0n) is 22.2. The summed E-state index contributed by atoms with van der Waals surface area (Å²) in [5, 5.41) is 8.05. The summed E-state index contributed by atoms with van der Waals surface area (Å²) in [4.78, 5) is 36.2. The first kappa shape index (κ1) is 29.6. The number of pyridine rings is 1. The zero-order valence-corrected chi connectivity index (χ0v) is 22.2. The molecule has 0 radical (unpaired) electrons. The molecule has 1 aliphatic heterocycles. The molecule has 2 amide bonds. The molecule has 1 aromatic carbocycles. The lowest BCUT2D eigenvalue weighted by Gasteiger charge is -2.28. The van der Waals surface area contributed by atoms with E-state index in [0.717, 1.165) is 50.7 Å². The van der Waals surface area contributed by atoms with Crippen molar-refractivity contribution in [2.24, 2.45) is 10.7 Å². The molecule has 2 fully saturated rings. The van der Waals surface area contributed by atoms with Gasteiger partial charge in [-0.25, -0.2) is 9.38 Å². The van der Waals surface area contributed by atoms with Crippen LogP contribution >= 0.6 is 0 Å². The number of hydrogen-bond acceptors (Lipinski definition) is 7. The summed E-state index contributed by atoms with van der Waals surface area (Å²) < 4.78 is 53.1. The zero-order chi connectivity index (χ0) is 29.6. The van der Waals surface area contributed by atoms with E-state index in [1.807, 2.05) is 4.90 Å². The summed E-state index contributed by atoms with van der Waals surface area (Å²) in [6.45, 7) is 5.69. The van der Waals surface area contributed by atoms with Crippen LogP contribution in [0.4, 0.5) is 28.9 Å². The smallest absolute Gasteiger partial charge is 0.404 e. The third-order valence-corrected chi connectivity index (χ3v) is 6.87. The van der Waals surface area contributed by atoms with Crippen molar-refractivity contribution in [2.45, 2.75) is 50.4 Å². The first-order valence-electron chi connectivity index (χ1n) is 13.1. The van der Waals surface area contributed by atoms with Gasteiger partial charge >= 0.3 is 6.18 Å². The maximum Gasteiger partial charge on any atom is 0.418 e. The van der Waals surface area contributed by atoms with E-state index in [1.54, 1.807) is 0 Å². The molecule has 5 N–H and O–H groups in total. The predicted octanol–water partition coefficient (Wildman–Crippen LogP) is 4.12. The van der Waals surface area contributed by atoms with Gasteiger partial charge < -0.3 is 26.6 Å². The van der Waals surface area contributed by atoms with Crippen LogP contribution in [0.25, 0.3) is 0 Å². The van der Waals surface area contributed by atoms with E-state index in [1.165, 1.54) is 24.5 Å². The van der Waals surface area contributed by atoms with Gasteiger partial charge in [0.2, 0.25) is 5.91 Å². The van der Waals surface area contributed by atoms with Gasteiger partial charge in [0.25, 0.3) is 5.91 Å². The second kappa shape index (κ2) is 12.4. The number of amides is 2. The Kier molecular flexibility index (Phi) is 8.94. The summed E-state index contributed by atoms with van der Waals surface area (Å²) in [7, 11) is 0. The highest BCUT2D eigenvalue weighted by Gasteiger charge is 2.51. The van der Waals surface area contributed by atoms with Gasteiger partial charge in [0.05, 0.1) is 40.9 Å². The molecule has 4 rings (SSSR count). The van der Waals surface area contributed by atoms with E-state index < -0.39 is 34.9 Å². The lowest BCUT2D eigenvalue weighted by molar-refractivity contribution is -0.137. The normalized spacial score (nSPS) is 16.8. The molecule has 13 heteroatoms. The molecule has 218 valence electrons. The number of anilines is 2. The quantitative estimate of drug-likeness (QED) is 0.193. The average Bonchev–Trinajstić information content (AvgIpc) is 3.74. The van der Waals surface area contributed by atoms with E-state index in [0.29, 0.717) is 30.4 Å². The van der Waals surface area contributed by atoms with E-state index in [2.05, 4.69) is 32.5 Å². The molecule has 1 saturated carbocycles. The lowest BCUT2D eigenvalue weighted by atomic mass is 10.1. The monoisotopic (exact) mass is 573 g/mol. The summed E-state index contributed by atoms with van der Waals surface area (Å²) in [5.74, 6) is -1.40. The van der Waals surface area contributed by atoms with E-state index in [4.69, 9.17) is 5.73 Å². The largest absolute Gasteiger partial charge is 0.418 e. The van der Waals surface area contributed by atoms with Crippen LogP contribution in [0.3, 0.4) is 0 Å². The number of carbonyl (C=O) groups excluding carboxylic acids is 2. The van der Waals surface area contributed by atoms with E-state index in [9.17, 15) is 27.2 Å². The highest BCUT2D eigenvalue weighted by molar-refractivity contribution is 6.13. The summed E-state index contributed by atoms with van der Waals surface area (Å²) in [5.41, 5.74) is 3.88. The third kappa shape index (κ3) is 7.62. The number of carbonyl (C=O) groups is 2. The van der Waals surface area contributed by atoms with Crippen LogP contribution in [0.2, 0.25) is 0 Å². The molecule has 1 aromatic heterocycles. The fraction of sp³-hybridized carbons (Fsp3) is 0.357. The second-order valence-electron chi connectivity index (χ2n) is 9.91. The maximum atomic E-state index is 13.3. The minimum Gasteiger partial charge on any atom is -0.404 e. The van der Waals surface area contributed by atoms with Gasteiger partial charge in [-0.1, -0.05) is 6.58 Å². The molecule has 0 unspecified atom stereocenters. The fourth-order valence-electron chi connectivity index (χ4n) is 4.34. The van der Waals surface area contributed by atoms with Gasteiger partial charge in [0.15, 0.2) is 0 Å². The number of alkyl halides is 3. The molecule has 0 bridgehead atoms. The molecule has 2 heterocycles. The number of benzene rings is 1. The Labute approximate surface area is 234 Å². The molecular weight excluding hydrogens is 542 g/mol. The van der Waals surface area contributed by atoms with Gasteiger partial charge in [-0.15, -0.1) is 0 Å². The number of hydrogen-bond donors (Lipinski definition) is 4. The number of halogens is 4. The number of likely N-dealkylation sites (tertiary alicyclic amines) is 1. The lowest BCUT2D eigenvalue weighted by Crippen LogP contribution is -2.49. The summed E-state index contributed by atoms with van der Waals surface area (Å²) in [6, 6.07) is 5.35. The van der Waals surface area contributed by atoms with Crippen LogP contribution in [-0.2, 0) is 22.3 Å². The van der Waals surface area contributed by atoms with Crippen LogP contribution in [0.15, 0.2) is 65.7 Å². The van der Waals surface area contributed by atoms with Crippen LogP contribution in [0.1, 0.15) is 43.4 Å². The molecule has 2 aliphatic rings. The number of aliphatic imine (C=N–C) groups is 1. The maximum absolute atomic E-state index is 13.3. The molecule has 1 saturated heterocycles. The Balaban J connectivity index is 1.30. The van der Waals surface area contributed by atoms with Crippen molar-refractivity contribution in [3.63, 3.8) is 0 Å². The van der Waals surface area contributed by atoms with Crippen molar-refractivity contribution in [1.29, 1.82) is 0 Å². The van der Waals surface area contributed by atoms with Gasteiger partial charge in [-0.3, -0.25) is 14.6 Å². The Morgan fingerprint density at radius 1 is 1.15 bits per heavy atom. The van der Waals surface area contributed by atoms with Gasteiger partial charge in [-0.05, 0) is 62.4 Å². The van der Waals surface area contributed by atoms with Crippen molar-refractivity contribution < 1.29 is 27.2 Å². The molecule has 41 heavy (non-hydrogen) atoms. The molecular formula is C28H31F4N7O2. The third-order valence-electron chi connectivity index (χ3n) is 6.87. The van der Waals surface area contributed by atoms with E-state index >= 15 is 0 Å². The van der Waals surface area contributed by atoms with Crippen molar-refractivity contribution in [3.05, 3.63) is 77.8 Å². The van der Waals surface area contributed by atoms with E-state index in [-0.39, 0.29) is 23.5 Å². The Bertz CT molecular complexity index is 1350. The number of nitrogens with one attached hydrogen (secondary N) is 3. The van der Waals surface area contributed by atoms with Gasteiger partial charge in [0.1, 0.15) is 17.2 Å². The molecule has 9 nitrogen and oxygen atoms in total. The average molecular weight is 574 g/mol. The van der Waals surface area contributed by atoms with Gasteiger partial charge in [0, 0.05) is 25.5 Å².